The lowest BCUT2D eigenvalue weighted by atomic mass is 9.96. The molecule has 0 spiro atoms. The predicted octanol–water partition coefficient (Wildman–Crippen LogP) is 2.06. The Morgan fingerprint density at radius 3 is 2.29 bits per heavy atom. The van der Waals surface area contributed by atoms with Crippen molar-refractivity contribution in [2.45, 2.75) is 39.7 Å². The number of hydrogen-bond donors (Lipinski definition) is 0. The van der Waals surface area contributed by atoms with Gasteiger partial charge in [-0.25, -0.2) is 0 Å². The van der Waals surface area contributed by atoms with E-state index in [2.05, 4.69) is 37.6 Å². The summed E-state index contributed by atoms with van der Waals surface area (Å²) in [6, 6.07) is 0.694. The van der Waals surface area contributed by atoms with Crippen molar-refractivity contribution in [2.75, 3.05) is 33.2 Å². The summed E-state index contributed by atoms with van der Waals surface area (Å²) >= 11 is 0. The zero-order valence-corrected chi connectivity index (χ0v) is 10.3. The molecule has 0 aromatic heterocycles. The Kier molecular flexibility index (Phi) is 4.90. The van der Waals surface area contributed by atoms with Crippen LogP contribution >= 0.6 is 0 Å². The summed E-state index contributed by atoms with van der Waals surface area (Å²) in [6.45, 7) is 12.0. The second-order valence-corrected chi connectivity index (χ2v) is 4.91. The third-order valence-electron chi connectivity index (χ3n) is 3.58. The van der Waals surface area contributed by atoms with E-state index in [1.54, 1.807) is 0 Å². The second-order valence-electron chi connectivity index (χ2n) is 4.91. The van der Waals surface area contributed by atoms with E-state index >= 15 is 0 Å². The first kappa shape index (κ1) is 12.0. The molecule has 1 aliphatic heterocycles. The van der Waals surface area contributed by atoms with Crippen LogP contribution in [-0.4, -0.2) is 49.1 Å². The fraction of sp³-hybridized carbons (Fsp3) is 1.00. The molecular weight excluding hydrogens is 172 g/mol. The van der Waals surface area contributed by atoms with Gasteiger partial charge in [-0.1, -0.05) is 6.92 Å². The highest BCUT2D eigenvalue weighted by Crippen LogP contribution is 2.18. The van der Waals surface area contributed by atoms with Gasteiger partial charge in [-0.2, -0.15) is 0 Å². The van der Waals surface area contributed by atoms with Gasteiger partial charge in [0, 0.05) is 12.6 Å². The monoisotopic (exact) mass is 198 g/mol. The van der Waals surface area contributed by atoms with Crippen molar-refractivity contribution in [3.8, 4) is 0 Å². The lowest BCUT2D eigenvalue weighted by Gasteiger charge is -2.34. The van der Waals surface area contributed by atoms with E-state index in [-0.39, 0.29) is 0 Å². The number of likely N-dealkylation sites (tertiary alicyclic amines) is 1. The lowest BCUT2D eigenvalue weighted by Crippen LogP contribution is -2.39. The fourth-order valence-electron chi connectivity index (χ4n) is 2.10. The highest BCUT2D eigenvalue weighted by atomic mass is 15.1. The van der Waals surface area contributed by atoms with Crippen molar-refractivity contribution >= 4 is 0 Å². The first-order valence-electron chi connectivity index (χ1n) is 6.06. The molecule has 84 valence electrons. The number of hydrogen-bond acceptors (Lipinski definition) is 2. The van der Waals surface area contributed by atoms with E-state index in [1.807, 2.05) is 0 Å². The molecule has 1 rings (SSSR count). The number of nitrogens with zero attached hydrogens (tertiary/aromatic N) is 2. The molecule has 0 aliphatic carbocycles. The highest BCUT2D eigenvalue weighted by Gasteiger charge is 2.19. The van der Waals surface area contributed by atoms with E-state index in [0.717, 1.165) is 5.92 Å². The van der Waals surface area contributed by atoms with Gasteiger partial charge in [0.15, 0.2) is 0 Å². The van der Waals surface area contributed by atoms with Crippen LogP contribution in [0.15, 0.2) is 0 Å². The summed E-state index contributed by atoms with van der Waals surface area (Å²) in [7, 11) is 2.25. The second kappa shape index (κ2) is 5.72. The Hall–Kier alpha value is -0.0800. The Balaban J connectivity index is 2.22. The first-order chi connectivity index (χ1) is 6.63. The van der Waals surface area contributed by atoms with Crippen LogP contribution in [0.3, 0.4) is 0 Å². The van der Waals surface area contributed by atoms with Crippen molar-refractivity contribution < 1.29 is 0 Å². The maximum absolute atomic E-state index is 2.56. The Labute approximate surface area is 89.3 Å². The first-order valence-corrected chi connectivity index (χ1v) is 6.06. The normalized spacial score (nSPS) is 21.0. The van der Waals surface area contributed by atoms with Crippen LogP contribution in [0.25, 0.3) is 0 Å². The summed E-state index contributed by atoms with van der Waals surface area (Å²) in [5.74, 6) is 0.935. The van der Waals surface area contributed by atoms with Crippen LogP contribution in [0.5, 0.6) is 0 Å². The van der Waals surface area contributed by atoms with Gasteiger partial charge >= 0.3 is 0 Å². The van der Waals surface area contributed by atoms with Crippen LogP contribution in [0.2, 0.25) is 0 Å². The average molecular weight is 198 g/mol. The SMILES string of the molecule is CCN1CCC(CN(C)C(C)C)CC1. The third kappa shape index (κ3) is 3.58. The summed E-state index contributed by atoms with van der Waals surface area (Å²) < 4.78 is 0. The molecular formula is C12H26N2. The molecule has 2 nitrogen and oxygen atoms in total. The predicted molar refractivity (Wildman–Crippen MR) is 62.6 cm³/mol. The Bertz CT molecular complexity index is 148. The molecule has 0 atom stereocenters. The van der Waals surface area contributed by atoms with Crippen LogP contribution < -0.4 is 0 Å². The average Bonchev–Trinajstić information content (AvgIpc) is 2.19. The van der Waals surface area contributed by atoms with Gasteiger partial charge < -0.3 is 9.80 Å². The van der Waals surface area contributed by atoms with Crippen LogP contribution in [0, 0.1) is 5.92 Å². The Morgan fingerprint density at radius 2 is 1.86 bits per heavy atom. The van der Waals surface area contributed by atoms with Gasteiger partial charge in [0.1, 0.15) is 0 Å². The van der Waals surface area contributed by atoms with Crippen LogP contribution in [-0.2, 0) is 0 Å². The van der Waals surface area contributed by atoms with Gasteiger partial charge in [-0.3, -0.25) is 0 Å². The standard InChI is InChI=1S/C12H26N2/c1-5-14-8-6-12(7-9-14)10-13(4)11(2)3/h11-12H,5-10H2,1-4H3. The van der Waals surface area contributed by atoms with Gasteiger partial charge in [0.05, 0.1) is 0 Å². The number of piperidine rings is 1. The smallest absolute Gasteiger partial charge is 0.00356 e. The molecule has 0 bridgehead atoms. The summed E-state index contributed by atoms with van der Waals surface area (Å²) in [5.41, 5.74) is 0. The molecule has 0 unspecified atom stereocenters. The minimum atomic E-state index is 0.694. The van der Waals surface area contributed by atoms with E-state index in [1.165, 1.54) is 39.0 Å². The van der Waals surface area contributed by atoms with E-state index in [0.29, 0.717) is 6.04 Å². The highest BCUT2D eigenvalue weighted by molar-refractivity contribution is 4.74. The molecule has 0 aromatic carbocycles. The van der Waals surface area contributed by atoms with Crippen molar-refractivity contribution in [3.05, 3.63) is 0 Å². The molecule has 0 N–H and O–H groups in total. The molecule has 0 radical (unpaired) electrons. The summed E-state index contributed by atoms with van der Waals surface area (Å²) in [6.07, 6.45) is 2.79. The van der Waals surface area contributed by atoms with E-state index in [4.69, 9.17) is 0 Å². The van der Waals surface area contributed by atoms with Crippen LogP contribution in [0.4, 0.5) is 0 Å². The van der Waals surface area contributed by atoms with Crippen molar-refractivity contribution in [1.82, 2.24) is 9.80 Å². The van der Waals surface area contributed by atoms with Crippen molar-refractivity contribution in [3.63, 3.8) is 0 Å². The molecule has 1 fully saturated rings. The molecule has 0 saturated carbocycles. The maximum atomic E-state index is 2.56. The van der Waals surface area contributed by atoms with Gasteiger partial charge in [0.25, 0.3) is 0 Å². The van der Waals surface area contributed by atoms with Crippen molar-refractivity contribution in [1.29, 1.82) is 0 Å². The quantitative estimate of drug-likeness (QED) is 0.682. The zero-order chi connectivity index (χ0) is 10.6. The van der Waals surface area contributed by atoms with Crippen LogP contribution in [0.1, 0.15) is 33.6 Å². The zero-order valence-electron chi connectivity index (χ0n) is 10.3. The van der Waals surface area contributed by atoms with Gasteiger partial charge in [0.2, 0.25) is 0 Å². The minimum absolute atomic E-state index is 0.694. The van der Waals surface area contributed by atoms with E-state index in [9.17, 15) is 0 Å². The maximum Gasteiger partial charge on any atom is 0.00356 e. The summed E-state index contributed by atoms with van der Waals surface area (Å²) in [5, 5.41) is 0. The minimum Gasteiger partial charge on any atom is -0.304 e. The van der Waals surface area contributed by atoms with E-state index < -0.39 is 0 Å². The molecule has 14 heavy (non-hydrogen) atoms. The lowest BCUT2D eigenvalue weighted by molar-refractivity contribution is 0.147. The third-order valence-corrected chi connectivity index (χ3v) is 3.58. The molecule has 0 aromatic rings. The number of rotatable bonds is 4. The Morgan fingerprint density at radius 1 is 1.29 bits per heavy atom. The molecule has 1 aliphatic rings. The van der Waals surface area contributed by atoms with Gasteiger partial charge in [-0.05, 0) is 59.3 Å². The van der Waals surface area contributed by atoms with Gasteiger partial charge in [-0.15, -0.1) is 0 Å². The molecule has 0 amide bonds. The topological polar surface area (TPSA) is 6.48 Å². The fourth-order valence-corrected chi connectivity index (χ4v) is 2.10. The van der Waals surface area contributed by atoms with Crippen molar-refractivity contribution in [2.24, 2.45) is 5.92 Å². The molecule has 2 heteroatoms. The largest absolute Gasteiger partial charge is 0.304 e. The molecule has 1 saturated heterocycles. The molecule has 1 heterocycles. The summed E-state index contributed by atoms with van der Waals surface area (Å²) in [4.78, 5) is 5.04.